The molecule has 0 spiro atoms. The van der Waals surface area contributed by atoms with Crippen molar-refractivity contribution in [2.75, 3.05) is 13.2 Å². The molecule has 0 aliphatic carbocycles. The van der Waals surface area contributed by atoms with Crippen molar-refractivity contribution in [2.24, 2.45) is 0 Å². The summed E-state index contributed by atoms with van der Waals surface area (Å²) in [6.07, 6.45) is 12.9. The van der Waals surface area contributed by atoms with Gasteiger partial charge >= 0.3 is 5.97 Å². The zero-order valence-corrected chi connectivity index (χ0v) is 30.0. The van der Waals surface area contributed by atoms with Crippen LogP contribution in [0.4, 0.5) is 0 Å². The molecule has 2 aromatic heterocycles. The molecule has 0 fully saturated rings. The maximum absolute atomic E-state index is 13.7. The number of amides is 2. The highest BCUT2D eigenvalue weighted by atomic mass is 32.1. The minimum absolute atomic E-state index is 0.117. The Kier molecular flexibility index (Phi) is 12.2. The van der Waals surface area contributed by atoms with Crippen molar-refractivity contribution < 1.29 is 24.2 Å². The molecule has 2 aromatic carbocycles. The monoisotopic (exact) mass is 694 g/mol. The highest BCUT2D eigenvalue weighted by Crippen LogP contribution is 2.30. The van der Waals surface area contributed by atoms with Gasteiger partial charge in [-0.1, -0.05) is 102 Å². The van der Waals surface area contributed by atoms with Gasteiger partial charge in [0.1, 0.15) is 17.8 Å². The van der Waals surface area contributed by atoms with Crippen LogP contribution < -0.4 is 10.1 Å². The van der Waals surface area contributed by atoms with Crippen molar-refractivity contribution in [1.82, 2.24) is 20.2 Å². The second-order valence-electron chi connectivity index (χ2n) is 13.6. The first-order valence-corrected chi connectivity index (χ1v) is 18.1. The zero-order chi connectivity index (χ0) is 35.7. The minimum Gasteiger partial charge on any atom is -0.494 e. The van der Waals surface area contributed by atoms with Gasteiger partial charge in [0.15, 0.2) is 5.82 Å². The number of carboxylic acid groups (broad SMARTS) is 1. The van der Waals surface area contributed by atoms with Crippen molar-refractivity contribution in [3.8, 4) is 28.3 Å². The number of nitrogens with zero attached hydrogens (tertiary/aromatic N) is 3. The van der Waals surface area contributed by atoms with Crippen LogP contribution in [0, 0.1) is 0 Å². The number of carboxylic acids is 1. The summed E-state index contributed by atoms with van der Waals surface area (Å²) in [5.41, 5.74) is 3.37. The maximum Gasteiger partial charge on any atom is 0.330 e. The van der Waals surface area contributed by atoms with Crippen molar-refractivity contribution in [2.45, 2.75) is 83.7 Å². The molecular weight excluding hydrogens is 649 g/mol. The van der Waals surface area contributed by atoms with Gasteiger partial charge in [-0.15, -0.1) is 11.3 Å². The van der Waals surface area contributed by atoms with Crippen LogP contribution in [0.15, 0.2) is 85.2 Å². The number of unbranched alkanes of at least 4 members (excludes halogenated alkanes) is 4. The van der Waals surface area contributed by atoms with E-state index in [2.05, 4.69) is 43.0 Å². The summed E-state index contributed by atoms with van der Waals surface area (Å²) in [7, 11) is 0. The van der Waals surface area contributed by atoms with Crippen molar-refractivity contribution in [3.05, 3.63) is 101 Å². The second-order valence-corrected chi connectivity index (χ2v) is 14.7. The molecule has 2 amide bonds. The number of thiophene rings is 1. The standard InChI is InChI=1S/C40H46N4O5S/c1-5-6-7-8-9-23-49-31-18-16-28(17-19-31)30-25-41-36(42-26-30)29-14-12-27(13-15-29)24-32(38(46)44-22-10-11-33(44)39(47)48)43-37(45)34-20-21-35(50-34)40(2,3)4/h10-21,25-26,32-33H,5-9,22-24H2,1-4H3,(H,43,45)(H,47,48)/t32-,33?/m0/s1. The first-order valence-electron chi connectivity index (χ1n) is 17.3. The second kappa shape index (κ2) is 16.7. The number of hydrogen-bond donors (Lipinski definition) is 2. The fraction of sp³-hybridized carbons (Fsp3) is 0.375. The predicted molar refractivity (Wildman–Crippen MR) is 197 cm³/mol. The number of nitrogens with one attached hydrogen (secondary N) is 1. The van der Waals surface area contributed by atoms with Crippen LogP contribution in [0.3, 0.4) is 0 Å². The van der Waals surface area contributed by atoms with Crippen LogP contribution in [0.25, 0.3) is 22.5 Å². The molecule has 9 nitrogen and oxygen atoms in total. The topological polar surface area (TPSA) is 122 Å². The van der Waals surface area contributed by atoms with E-state index >= 15 is 0 Å². The van der Waals surface area contributed by atoms with Crippen LogP contribution in [0.2, 0.25) is 0 Å². The van der Waals surface area contributed by atoms with Crippen LogP contribution >= 0.6 is 11.3 Å². The largest absolute Gasteiger partial charge is 0.494 e. The number of aliphatic carboxylic acids is 1. The Morgan fingerprint density at radius 1 is 0.920 bits per heavy atom. The van der Waals surface area contributed by atoms with Crippen molar-refractivity contribution in [1.29, 1.82) is 0 Å². The molecule has 0 bridgehead atoms. The molecular formula is C40H46N4O5S. The van der Waals surface area contributed by atoms with E-state index in [9.17, 15) is 19.5 Å². The van der Waals surface area contributed by atoms with Crippen molar-refractivity contribution in [3.63, 3.8) is 0 Å². The van der Waals surface area contributed by atoms with Gasteiger partial charge in [0.25, 0.3) is 5.91 Å². The number of carbonyl (C=O) groups excluding carboxylic acids is 2. The highest BCUT2D eigenvalue weighted by Gasteiger charge is 2.35. The Balaban J connectivity index is 1.24. The minimum atomic E-state index is -1.12. The SMILES string of the molecule is CCCCCCCOc1ccc(-c2cnc(-c3ccc(C[C@H](NC(=O)c4ccc(C(C)(C)C)s4)C(=O)N4CC=CC4C(=O)O)cc3)nc2)cc1. The van der Waals surface area contributed by atoms with E-state index < -0.39 is 24.0 Å². The van der Waals surface area contributed by atoms with Gasteiger partial charge in [0.2, 0.25) is 5.91 Å². The molecule has 262 valence electrons. The molecule has 10 heteroatoms. The third-order valence-corrected chi connectivity index (χ3v) is 10.2. The Labute approximate surface area is 298 Å². The normalized spacial score (nSPS) is 14.8. The van der Waals surface area contributed by atoms with Crippen LogP contribution in [0.5, 0.6) is 5.75 Å². The Morgan fingerprint density at radius 2 is 1.60 bits per heavy atom. The molecule has 2 atom stereocenters. The Morgan fingerprint density at radius 3 is 2.24 bits per heavy atom. The first kappa shape index (κ1) is 36.5. The molecule has 1 unspecified atom stereocenters. The number of hydrogen-bond acceptors (Lipinski definition) is 7. The molecule has 0 saturated carbocycles. The quantitative estimate of drug-likeness (QED) is 0.0966. The number of rotatable bonds is 15. The highest BCUT2D eigenvalue weighted by molar-refractivity contribution is 7.14. The number of aromatic nitrogens is 2. The Hall–Kier alpha value is -4.83. The molecule has 5 rings (SSSR count). The zero-order valence-electron chi connectivity index (χ0n) is 29.2. The molecule has 0 radical (unpaired) electrons. The first-order chi connectivity index (χ1) is 24.0. The van der Waals surface area contributed by atoms with Crippen LogP contribution in [-0.4, -0.2) is 63.0 Å². The average molecular weight is 695 g/mol. The van der Waals surface area contributed by atoms with E-state index in [1.165, 1.54) is 48.0 Å². The third kappa shape index (κ3) is 9.44. The molecule has 3 heterocycles. The summed E-state index contributed by atoms with van der Waals surface area (Å²) >= 11 is 1.39. The summed E-state index contributed by atoms with van der Waals surface area (Å²) in [5, 5.41) is 12.6. The Bertz CT molecular complexity index is 1780. The van der Waals surface area contributed by atoms with E-state index in [4.69, 9.17) is 4.74 Å². The maximum atomic E-state index is 13.7. The van der Waals surface area contributed by atoms with Gasteiger partial charge in [0, 0.05) is 41.4 Å². The fourth-order valence-corrected chi connectivity index (χ4v) is 6.71. The summed E-state index contributed by atoms with van der Waals surface area (Å²) < 4.78 is 5.89. The molecule has 4 aromatic rings. The molecule has 2 N–H and O–H groups in total. The van der Waals surface area contributed by atoms with Crippen LogP contribution in [-0.2, 0) is 21.4 Å². The molecule has 50 heavy (non-hydrogen) atoms. The van der Waals surface area contributed by atoms with Gasteiger partial charge in [-0.2, -0.15) is 0 Å². The smallest absolute Gasteiger partial charge is 0.330 e. The van der Waals surface area contributed by atoms with E-state index in [0.29, 0.717) is 10.7 Å². The van der Waals surface area contributed by atoms with Gasteiger partial charge in [-0.3, -0.25) is 9.59 Å². The van der Waals surface area contributed by atoms with Gasteiger partial charge < -0.3 is 20.1 Å². The third-order valence-electron chi connectivity index (χ3n) is 8.67. The van der Waals surface area contributed by atoms with Gasteiger partial charge in [0.05, 0.1) is 11.5 Å². The van der Waals surface area contributed by atoms with E-state index in [-0.39, 0.29) is 24.3 Å². The number of benzene rings is 2. The van der Waals surface area contributed by atoms with Gasteiger partial charge in [-0.05, 0) is 47.2 Å². The summed E-state index contributed by atoms with van der Waals surface area (Å²) in [4.78, 5) is 51.0. The molecule has 1 aliphatic heterocycles. The fourth-order valence-electron chi connectivity index (χ4n) is 5.75. The predicted octanol–water partition coefficient (Wildman–Crippen LogP) is 7.71. The van der Waals surface area contributed by atoms with Crippen LogP contribution in [0.1, 0.15) is 79.9 Å². The summed E-state index contributed by atoms with van der Waals surface area (Å²) in [6, 6.07) is 17.1. The van der Waals surface area contributed by atoms with Crippen molar-refractivity contribution >= 4 is 29.1 Å². The lowest BCUT2D eigenvalue weighted by atomic mass is 9.95. The van der Waals surface area contributed by atoms with E-state index in [1.54, 1.807) is 24.5 Å². The average Bonchev–Trinajstić information content (AvgIpc) is 3.82. The lowest BCUT2D eigenvalue weighted by molar-refractivity contribution is -0.147. The molecule has 0 saturated heterocycles. The van der Waals surface area contributed by atoms with E-state index in [0.717, 1.165) is 45.9 Å². The summed E-state index contributed by atoms with van der Waals surface area (Å²) in [5.74, 6) is -0.522. The van der Waals surface area contributed by atoms with E-state index in [1.807, 2.05) is 54.6 Å². The lowest BCUT2D eigenvalue weighted by Crippen LogP contribution is -2.52. The van der Waals surface area contributed by atoms with Gasteiger partial charge in [-0.25, -0.2) is 14.8 Å². The summed E-state index contributed by atoms with van der Waals surface area (Å²) in [6.45, 7) is 9.33. The number of carbonyl (C=O) groups is 3. The molecule has 1 aliphatic rings. The lowest BCUT2D eigenvalue weighted by Gasteiger charge is -2.27. The number of ether oxygens (including phenoxy) is 1.